The summed E-state index contributed by atoms with van der Waals surface area (Å²) in [5, 5.41) is 6.92. The van der Waals surface area contributed by atoms with Gasteiger partial charge in [-0.05, 0) is 77.5 Å². The molecule has 1 atom stereocenters. The Balaban J connectivity index is 1.63. The lowest BCUT2D eigenvalue weighted by atomic mass is 9.79. The molecule has 2 saturated heterocycles. The van der Waals surface area contributed by atoms with Crippen molar-refractivity contribution in [1.29, 1.82) is 0 Å². The minimum Gasteiger partial charge on any atom is -0.335 e. The number of likely N-dealkylation sites (tertiary alicyclic amines) is 1. The summed E-state index contributed by atoms with van der Waals surface area (Å²) >= 11 is 0. The largest absolute Gasteiger partial charge is 0.335 e. The first-order valence-electron chi connectivity index (χ1n) is 9.74. The number of nitrogens with one attached hydrogen (secondary N) is 2. The van der Waals surface area contributed by atoms with Crippen molar-refractivity contribution >= 4 is 6.03 Å². The summed E-state index contributed by atoms with van der Waals surface area (Å²) in [6.07, 6.45) is 4.55. The molecular weight excluding hydrogens is 329 g/mol. The van der Waals surface area contributed by atoms with Crippen LogP contribution in [0.2, 0.25) is 0 Å². The van der Waals surface area contributed by atoms with Gasteiger partial charge in [-0.25, -0.2) is 9.18 Å². The molecule has 0 aliphatic carbocycles. The molecule has 0 aromatic heterocycles. The standard InChI is InChI=1S/C21H32FN3O/c1-20(2)13-17(14-21(3,4)24-20)23-19(26)25-10-6-9-18(25)12-15-7-5-8-16(22)11-15/h5,7-8,11,17-18,24H,6,9-10,12-14H2,1-4H3,(H,23,26). The molecule has 1 aromatic carbocycles. The average molecular weight is 362 g/mol. The predicted octanol–water partition coefficient (Wildman–Crippen LogP) is 3.85. The van der Waals surface area contributed by atoms with Gasteiger partial charge in [-0.1, -0.05) is 12.1 Å². The molecule has 2 amide bonds. The number of benzene rings is 1. The van der Waals surface area contributed by atoms with E-state index in [0.29, 0.717) is 6.42 Å². The van der Waals surface area contributed by atoms with Crippen molar-refractivity contribution in [2.75, 3.05) is 6.54 Å². The van der Waals surface area contributed by atoms with Crippen LogP contribution in [-0.4, -0.2) is 40.6 Å². The first-order valence-corrected chi connectivity index (χ1v) is 9.74. The molecule has 1 aromatic rings. The van der Waals surface area contributed by atoms with Crippen molar-refractivity contribution in [2.24, 2.45) is 0 Å². The predicted molar refractivity (Wildman–Crippen MR) is 103 cm³/mol. The highest BCUT2D eigenvalue weighted by molar-refractivity contribution is 5.75. The van der Waals surface area contributed by atoms with E-state index in [0.717, 1.165) is 37.8 Å². The number of carbonyl (C=O) groups excluding carboxylic acids is 1. The van der Waals surface area contributed by atoms with Crippen LogP contribution in [0.1, 0.15) is 58.9 Å². The van der Waals surface area contributed by atoms with Crippen LogP contribution in [0, 0.1) is 5.82 Å². The number of hydrogen-bond acceptors (Lipinski definition) is 2. The molecule has 144 valence electrons. The van der Waals surface area contributed by atoms with E-state index in [4.69, 9.17) is 0 Å². The lowest BCUT2D eigenvalue weighted by Crippen LogP contribution is -2.63. The number of piperidine rings is 1. The smallest absolute Gasteiger partial charge is 0.317 e. The Morgan fingerprint density at radius 1 is 1.27 bits per heavy atom. The van der Waals surface area contributed by atoms with Gasteiger partial charge in [0.2, 0.25) is 0 Å². The zero-order valence-corrected chi connectivity index (χ0v) is 16.4. The first-order chi connectivity index (χ1) is 12.1. The number of halogens is 1. The summed E-state index contributed by atoms with van der Waals surface area (Å²) < 4.78 is 13.5. The van der Waals surface area contributed by atoms with Gasteiger partial charge in [0.05, 0.1) is 0 Å². The van der Waals surface area contributed by atoms with Crippen molar-refractivity contribution in [3.63, 3.8) is 0 Å². The topological polar surface area (TPSA) is 44.4 Å². The Morgan fingerprint density at radius 2 is 1.96 bits per heavy atom. The quantitative estimate of drug-likeness (QED) is 0.859. The lowest BCUT2D eigenvalue weighted by Gasteiger charge is -2.47. The van der Waals surface area contributed by atoms with Gasteiger partial charge in [0.15, 0.2) is 0 Å². The molecule has 1 unspecified atom stereocenters. The summed E-state index contributed by atoms with van der Waals surface area (Å²) in [5.74, 6) is -0.212. The fraction of sp³-hybridized carbons (Fsp3) is 0.667. The Bertz CT molecular complexity index is 642. The minimum absolute atomic E-state index is 0.00563. The molecular formula is C21H32FN3O. The Morgan fingerprint density at radius 3 is 2.62 bits per heavy atom. The number of rotatable bonds is 3. The van der Waals surface area contributed by atoms with Gasteiger partial charge < -0.3 is 15.5 Å². The molecule has 3 rings (SSSR count). The molecule has 2 aliphatic rings. The van der Waals surface area contributed by atoms with Gasteiger partial charge in [-0.2, -0.15) is 0 Å². The maximum atomic E-state index is 13.5. The van der Waals surface area contributed by atoms with Crippen LogP contribution in [0.3, 0.4) is 0 Å². The van der Waals surface area contributed by atoms with Gasteiger partial charge in [0, 0.05) is 29.7 Å². The monoisotopic (exact) mass is 361 g/mol. The molecule has 0 spiro atoms. The van der Waals surface area contributed by atoms with Crippen LogP contribution >= 0.6 is 0 Å². The number of carbonyl (C=O) groups is 1. The molecule has 5 heteroatoms. The highest BCUT2D eigenvalue weighted by Gasteiger charge is 2.39. The third kappa shape index (κ3) is 4.76. The number of urea groups is 1. The van der Waals surface area contributed by atoms with Gasteiger partial charge in [-0.15, -0.1) is 0 Å². The second kappa shape index (κ2) is 7.18. The number of nitrogens with zero attached hydrogens (tertiary/aromatic N) is 1. The van der Waals surface area contributed by atoms with Crippen molar-refractivity contribution < 1.29 is 9.18 Å². The van der Waals surface area contributed by atoms with Crippen molar-refractivity contribution in [2.45, 2.75) is 83.0 Å². The lowest BCUT2D eigenvalue weighted by molar-refractivity contribution is 0.137. The van der Waals surface area contributed by atoms with E-state index in [9.17, 15) is 9.18 Å². The fourth-order valence-electron chi connectivity index (χ4n) is 4.93. The van der Waals surface area contributed by atoms with E-state index in [1.807, 2.05) is 11.0 Å². The van der Waals surface area contributed by atoms with Crippen molar-refractivity contribution in [1.82, 2.24) is 15.5 Å². The average Bonchev–Trinajstić information content (AvgIpc) is 2.92. The zero-order valence-electron chi connectivity index (χ0n) is 16.4. The van der Waals surface area contributed by atoms with E-state index < -0.39 is 0 Å². The summed E-state index contributed by atoms with van der Waals surface area (Å²) in [6, 6.07) is 7.07. The second-order valence-electron chi connectivity index (χ2n) is 9.27. The number of amides is 2. The van der Waals surface area contributed by atoms with E-state index in [-0.39, 0.29) is 35.0 Å². The summed E-state index contributed by atoms with van der Waals surface area (Å²) in [4.78, 5) is 14.9. The molecule has 2 N–H and O–H groups in total. The van der Waals surface area contributed by atoms with Crippen LogP contribution in [0.4, 0.5) is 9.18 Å². The maximum absolute atomic E-state index is 13.5. The fourth-order valence-corrected chi connectivity index (χ4v) is 4.93. The molecule has 4 nitrogen and oxygen atoms in total. The third-order valence-corrected chi connectivity index (χ3v) is 5.52. The summed E-state index contributed by atoms with van der Waals surface area (Å²) in [6.45, 7) is 9.54. The molecule has 2 aliphatic heterocycles. The summed E-state index contributed by atoms with van der Waals surface area (Å²) in [5.41, 5.74) is 0.969. The van der Waals surface area contributed by atoms with E-state index >= 15 is 0 Å². The highest BCUT2D eigenvalue weighted by Crippen LogP contribution is 2.29. The normalized spacial score (nSPS) is 25.3. The van der Waals surface area contributed by atoms with Gasteiger partial charge in [0.1, 0.15) is 5.82 Å². The van der Waals surface area contributed by atoms with Gasteiger partial charge in [0.25, 0.3) is 0 Å². The van der Waals surface area contributed by atoms with Crippen LogP contribution in [-0.2, 0) is 6.42 Å². The minimum atomic E-state index is -0.212. The number of hydrogen-bond donors (Lipinski definition) is 2. The van der Waals surface area contributed by atoms with E-state index in [1.54, 1.807) is 12.1 Å². The molecule has 0 saturated carbocycles. The summed E-state index contributed by atoms with van der Waals surface area (Å²) in [7, 11) is 0. The maximum Gasteiger partial charge on any atom is 0.317 e. The van der Waals surface area contributed by atoms with Crippen LogP contribution in [0.5, 0.6) is 0 Å². The SMILES string of the molecule is CC1(C)CC(NC(=O)N2CCCC2Cc2cccc(F)c2)CC(C)(C)N1. The highest BCUT2D eigenvalue weighted by atomic mass is 19.1. The van der Waals surface area contributed by atoms with E-state index in [2.05, 4.69) is 38.3 Å². The molecule has 2 fully saturated rings. The third-order valence-electron chi connectivity index (χ3n) is 5.52. The Labute approximate surface area is 156 Å². The molecule has 0 bridgehead atoms. The van der Waals surface area contributed by atoms with Crippen molar-refractivity contribution in [3.05, 3.63) is 35.6 Å². The zero-order chi connectivity index (χ0) is 18.9. The van der Waals surface area contributed by atoms with Crippen LogP contribution in [0.15, 0.2) is 24.3 Å². The molecule has 0 radical (unpaired) electrons. The first kappa shape index (κ1) is 19.2. The van der Waals surface area contributed by atoms with Crippen LogP contribution in [0.25, 0.3) is 0 Å². The Kier molecular flexibility index (Phi) is 5.29. The van der Waals surface area contributed by atoms with Gasteiger partial charge >= 0.3 is 6.03 Å². The van der Waals surface area contributed by atoms with Crippen LogP contribution < -0.4 is 10.6 Å². The van der Waals surface area contributed by atoms with E-state index in [1.165, 1.54) is 6.07 Å². The molecule has 26 heavy (non-hydrogen) atoms. The van der Waals surface area contributed by atoms with Gasteiger partial charge in [-0.3, -0.25) is 0 Å². The Hall–Kier alpha value is -1.62. The molecule has 2 heterocycles. The van der Waals surface area contributed by atoms with Crippen molar-refractivity contribution in [3.8, 4) is 0 Å². The second-order valence-corrected chi connectivity index (χ2v) is 9.27.